The van der Waals surface area contributed by atoms with Gasteiger partial charge in [-0.1, -0.05) is 17.7 Å². The fourth-order valence-electron chi connectivity index (χ4n) is 1.62. The molecule has 1 aromatic carbocycles. The zero-order valence-electron chi connectivity index (χ0n) is 11.1. The first-order chi connectivity index (χ1) is 9.38. The van der Waals surface area contributed by atoms with E-state index in [4.69, 9.17) is 11.6 Å². The zero-order valence-corrected chi connectivity index (χ0v) is 11.8. The van der Waals surface area contributed by atoms with Crippen LogP contribution >= 0.6 is 11.6 Å². The van der Waals surface area contributed by atoms with Gasteiger partial charge in [0.1, 0.15) is 10.6 Å². The van der Waals surface area contributed by atoms with E-state index < -0.39 is 16.5 Å². The predicted octanol–water partition coefficient (Wildman–Crippen LogP) is 1.46. The summed E-state index contributed by atoms with van der Waals surface area (Å²) in [5.74, 6) is -0.974. The second kappa shape index (κ2) is 6.85. The van der Waals surface area contributed by atoms with Crippen LogP contribution in [0.25, 0.3) is 0 Å². The van der Waals surface area contributed by atoms with Gasteiger partial charge >= 0.3 is 5.69 Å². The summed E-state index contributed by atoms with van der Waals surface area (Å²) in [6.07, 6.45) is 0. The molecule has 0 saturated heterocycles. The average molecular weight is 300 g/mol. The molecule has 0 heterocycles. The van der Waals surface area contributed by atoms with Crippen LogP contribution in [0.5, 0.6) is 0 Å². The predicted molar refractivity (Wildman–Crippen MR) is 73.8 cm³/mol. The summed E-state index contributed by atoms with van der Waals surface area (Å²) < 4.78 is 0. The zero-order chi connectivity index (χ0) is 15.3. The molecule has 108 valence electrons. The molecule has 0 spiro atoms. The maximum atomic E-state index is 12.1. The molecular formula is C12H14ClN3O4. The highest BCUT2D eigenvalue weighted by atomic mass is 35.5. The van der Waals surface area contributed by atoms with E-state index in [1.54, 1.807) is 6.92 Å². The molecule has 0 radical (unpaired) electrons. The molecule has 0 fully saturated rings. The molecule has 0 aliphatic rings. The molecule has 7 nitrogen and oxygen atoms in total. The Balaban J connectivity index is 3.00. The van der Waals surface area contributed by atoms with Gasteiger partial charge in [-0.2, -0.15) is 0 Å². The summed E-state index contributed by atoms with van der Waals surface area (Å²) in [7, 11) is 1.39. The molecule has 2 amide bonds. The molecule has 0 saturated carbocycles. The van der Waals surface area contributed by atoms with E-state index in [1.807, 2.05) is 0 Å². The summed E-state index contributed by atoms with van der Waals surface area (Å²) >= 11 is 5.74. The van der Waals surface area contributed by atoms with E-state index in [1.165, 1.54) is 25.2 Å². The second-order valence-corrected chi connectivity index (χ2v) is 4.42. The molecule has 1 aromatic rings. The smallest absolute Gasteiger partial charge is 0.300 e. The highest BCUT2D eigenvalue weighted by molar-refractivity contribution is 6.33. The first-order valence-electron chi connectivity index (χ1n) is 5.83. The molecule has 0 aliphatic carbocycles. The Morgan fingerprint density at radius 3 is 2.65 bits per heavy atom. The molecule has 0 bridgehead atoms. The molecule has 20 heavy (non-hydrogen) atoms. The van der Waals surface area contributed by atoms with E-state index in [2.05, 4.69) is 5.32 Å². The Bertz CT molecular complexity index is 548. The third-order valence-corrected chi connectivity index (χ3v) is 2.81. The number of rotatable bonds is 5. The van der Waals surface area contributed by atoms with Gasteiger partial charge in [-0.15, -0.1) is 0 Å². The highest BCUT2D eigenvalue weighted by Gasteiger charge is 2.26. The Kier molecular flexibility index (Phi) is 5.45. The summed E-state index contributed by atoms with van der Waals surface area (Å²) in [5, 5.41) is 13.4. The number of halogens is 1. The lowest BCUT2D eigenvalue weighted by atomic mass is 10.1. The maximum absolute atomic E-state index is 12.1. The molecule has 0 aromatic heterocycles. The topological polar surface area (TPSA) is 92.6 Å². The van der Waals surface area contributed by atoms with Gasteiger partial charge in [0, 0.05) is 13.6 Å². The minimum Gasteiger partial charge on any atom is -0.355 e. The van der Waals surface area contributed by atoms with Gasteiger partial charge in [-0.05, 0) is 19.1 Å². The number of nitro groups is 1. The van der Waals surface area contributed by atoms with Gasteiger partial charge in [-0.3, -0.25) is 19.7 Å². The van der Waals surface area contributed by atoms with E-state index in [0.29, 0.717) is 6.54 Å². The van der Waals surface area contributed by atoms with Crippen LogP contribution in [0.4, 0.5) is 5.69 Å². The summed E-state index contributed by atoms with van der Waals surface area (Å²) in [6, 6.07) is 4.09. The SMILES string of the molecule is CCNC(=O)CN(C)C(=O)c1cccc(Cl)c1[N+](=O)[O-]. The fraction of sp³-hybridized carbons (Fsp3) is 0.333. The van der Waals surface area contributed by atoms with Crippen molar-refractivity contribution in [2.24, 2.45) is 0 Å². The standard InChI is InChI=1S/C12H14ClN3O4/c1-3-14-10(17)7-15(2)12(18)8-5-4-6-9(13)11(8)16(19)20/h4-6H,3,7H2,1-2H3,(H,14,17). The minimum atomic E-state index is -0.713. The lowest BCUT2D eigenvalue weighted by Crippen LogP contribution is -2.38. The number of nitrogens with zero attached hydrogens (tertiary/aromatic N) is 2. The molecule has 1 N–H and O–H groups in total. The van der Waals surface area contributed by atoms with Crippen molar-refractivity contribution < 1.29 is 14.5 Å². The third kappa shape index (κ3) is 3.67. The number of hydrogen-bond acceptors (Lipinski definition) is 4. The number of benzene rings is 1. The summed E-state index contributed by atoms with van der Waals surface area (Å²) in [4.78, 5) is 34.9. The van der Waals surface area contributed by atoms with E-state index in [9.17, 15) is 19.7 Å². The van der Waals surface area contributed by atoms with Crippen molar-refractivity contribution in [3.63, 3.8) is 0 Å². The number of carbonyl (C=O) groups is 2. The molecule has 1 rings (SSSR count). The Hall–Kier alpha value is -2.15. The number of likely N-dealkylation sites (N-methyl/N-ethyl adjacent to an activating group) is 2. The Morgan fingerprint density at radius 2 is 2.10 bits per heavy atom. The Morgan fingerprint density at radius 1 is 1.45 bits per heavy atom. The lowest BCUT2D eigenvalue weighted by Gasteiger charge is -2.16. The quantitative estimate of drug-likeness (QED) is 0.658. The van der Waals surface area contributed by atoms with Gasteiger partial charge in [-0.25, -0.2) is 0 Å². The maximum Gasteiger partial charge on any atom is 0.300 e. The van der Waals surface area contributed by atoms with E-state index in [0.717, 1.165) is 4.90 Å². The Labute approximate surface area is 120 Å². The molecule has 8 heteroatoms. The third-order valence-electron chi connectivity index (χ3n) is 2.50. The van der Waals surface area contributed by atoms with Crippen molar-refractivity contribution in [2.75, 3.05) is 20.1 Å². The van der Waals surface area contributed by atoms with Gasteiger partial charge in [0.05, 0.1) is 11.5 Å². The van der Waals surface area contributed by atoms with Crippen molar-refractivity contribution >= 4 is 29.1 Å². The van der Waals surface area contributed by atoms with Crippen LogP contribution in [-0.4, -0.2) is 41.8 Å². The van der Waals surface area contributed by atoms with Crippen molar-refractivity contribution in [3.05, 3.63) is 38.9 Å². The molecule has 0 unspecified atom stereocenters. The van der Waals surface area contributed by atoms with Crippen LogP contribution in [0.1, 0.15) is 17.3 Å². The fourth-order valence-corrected chi connectivity index (χ4v) is 1.86. The van der Waals surface area contributed by atoms with Crippen LogP contribution in [0, 0.1) is 10.1 Å². The van der Waals surface area contributed by atoms with Crippen molar-refractivity contribution in [1.82, 2.24) is 10.2 Å². The average Bonchev–Trinajstić information content (AvgIpc) is 2.37. The number of hydrogen-bond donors (Lipinski definition) is 1. The number of nitrogens with one attached hydrogen (secondary N) is 1. The van der Waals surface area contributed by atoms with Crippen LogP contribution in [0.2, 0.25) is 5.02 Å². The van der Waals surface area contributed by atoms with Crippen molar-refractivity contribution in [1.29, 1.82) is 0 Å². The monoisotopic (exact) mass is 299 g/mol. The van der Waals surface area contributed by atoms with Crippen LogP contribution in [0.3, 0.4) is 0 Å². The van der Waals surface area contributed by atoms with Crippen LogP contribution in [-0.2, 0) is 4.79 Å². The number of carbonyl (C=O) groups excluding carboxylic acids is 2. The van der Waals surface area contributed by atoms with Gasteiger partial charge in [0.15, 0.2) is 0 Å². The molecular weight excluding hydrogens is 286 g/mol. The number of nitro benzene ring substituents is 1. The van der Waals surface area contributed by atoms with Crippen molar-refractivity contribution in [2.45, 2.75) is 6.92 Å². The van der Waals surface area contributed by atoms with Crippen LogP contribution in [0.15, 0.2) is 18.2 Å². The normalized spacial score (nSPS) is 9.95. The van der Waals surface area contributed by atoms with Gasteiger partial charge in [0.25, 0.3) is 5.91 Å². The van der Waals surface area contributed by atoms with Crippen molar-refractivity contribution in [3.8, 4) is 0 Å². The number of para-hydroxylation sites is 1. The second-order valence-electron chi connectivity index (χ2n) is 4.01. The van der Waals surface area contributed by atoms with E-state index >= 15 is 0 Å². The summed E-state index contributed by atoms with van der Waals surface area (Å²) in [6.45, 7) is 2.01. The molecule has 0 atom stereocenters. The van der Waals surface area contributed by atoms with Crippen LogP contribution < -0.4 is 5.32 Å². The molecule has 0 aliphatic heterocycles. The first kappa shape index (κ1) is 15.9. The lowest BCUT2D eigenvalue weighted by molar-refractivity contribution is -0.385. The highest BCUT2D eigenvalue weighted by Crippen LogP contribution is 2.28. The summed E-state index contributed by atoms with van der Waals surface area (Å²) in [5.41, 5.74) is -0.601. The van der Waals surface area contributed by atoms with E-state index in [-0.39, 0.29) is 23.0 Å². The number of amides is 2. The van der Waals surface area contributed by atoms with Gasteiger partial charge < -0.3 is 10.2 Å². The minimum absolute atomic E-state index is 0.118. The first-order valence-corrected chi connectivity index (χ1v) is 6.21. The van der Waals surface area contributed by atoms with Gasteiger partial charge in [0.2, 0.25) is 5.91 Å². The largest absolute Gasteiger partial charge is 0.355 e.